The average Bonchev–Trinajstić information content (AvgIpc) is 2.60. The number of benzene rings is 1. The Morgan fingerprint density at radius 1 is 1.47 bits per heavy atom. The number of H-pyrrole nitrogens is 1. The van der Waals surface area contributed by atoms with E-state index in [-0.39, 0.29) is 0 Å². The van der Waals surface area contributed by atoms with Crippen molar-refractivity contribution in [2.24, 2.45) is 0 Å². The average molecular weight is 269 g/mol. The Morgan fingerprint density at radius 3 is 3.13 bits per heavy atom. The van der Waals surface area contributed by atoms with Crippen LogP contribution in [0.3, 0.4) is 0 Å². The first-order valence-corrected chi connectivity index (χ1v) is 5.72. The van der Waals surface area contributed by atoms with E-state index >= 15 is 0 Å². The van der Waals surface area contributed by atoms with Crippen molar-refractivity contribution < 1.29 is 4.74 Å². The van der Waals surface area contributed by atoms with Gasteiger partial charge in [0.1, 0.15) is 5.82 Å². The van der Waals surface area contributed by atoms with Crippen molar-refractivity contribution in [3.63, 3.8) is 0 Å². The van der Waals surface area contributed by atoms with Crippen LogP contribution < -0.4 is 0 Å². The second kappa shape index (κ2) is 4.77. The Labute approximate surface area is 97.0 Å². The number of ether oxygens (including phenoxy) is 1. The third-order valence-electron chi connectivity index (χ3n) is 2.26. The van der Waals surface area contributed by atoms with Gasteiger partial charge in [-0.15, -0.1) is 0 Å². The van der Waals surface area contributed by atoms with E-state index < -0.39 is 0 Å². The van der Waals surface area contributed by atoms with Gasteiger partial charge in [-0.3, -0.25) is 0 Å². The largest absolute Gasteiger partial charge is 0.385 e. The van der Waals surface area contributed by atoms with Crippen LogP contribution in [0.4, 0.5) is 0 Å². The third kappa shape index (κ3) is 2.58. The highest BCUT2D eigenvalue weighted by Gasteiger charge is 2.02. The van der Waals surface area contributed by atoms with Crippen LogP contribution in [0.5, 0.6) is 0 Å². The summed E-state index contributed by atoms with van der Waals surface area (Å²) in [5.41, 5.74) is 2.10. The van der Waals surface area contributed by atoms with E-state index in [9.17, 15) is 0 Å². The molecule has 0 saturated heterocycles. The number of halogens is 1. The highest BCUT2D eigenvalue weighted by Crippen LogP contribution is 2.18. The minimum atomic E-state index is 0.779. The number of methoxy groups -OCH3 is 1. The zero-order chi connectivity index (χ0) is 10.7. The van der Waals surface area contributed by atoms with Crippen LogP contribution in [0.25, 0.3) is 11.0 Å². The summed E-state index contributed by atoms with van der Waals surface area (Å²) in [4.78, 5) is 7.79. The molecule has 15 heavy (non-hydrogen) atoms. The number of aromatic amines is 1. The standard InChI is InChI=1S/C11H13BrN2O/c1-15-6-2-3-11-13-9-5-4-8(12)7-10(9)14-11/h4-5,7H,2-3,6H2,1H3,(H,13,14). The lowest BCUT2D eigenvalue weighted by molar-refractivity contribution is 0.194. The van der Waals surface area contributed by atoms with Crippen LogP contribution in [-0.4, -0.2) is 23.7 Å². The van der Waals surface area contributed by atoms with Crippen molar-refractivity contribution >= 4 is 27.0 Å². The number of aromatic nitrogens is 2. The van der Waals surface area contributed by atoms with Gasteiger partial charge in [0.2, 0.25) is 0 Å². The van der Waals surface area contributed by atoms with E-state index in [4.69, 9.17) is 4.74 Å². The van der Waals surface area contributed by atoms with Crippen LogP contribution in [0, 0.1) is 0 Å². The van der Waals surface area contributed by atoms with Gasteiger partial charge in [-0.2, -0.15) is 0 Å². The smallest absolute Gasteiger partial charge is 0.107 e. The molecule has 0 fully saturated rings. The molecule has 1 N–H and O–H groups in total. The molecule has 0 aliphatic heterocycles. The molecule has 80 valence electrons. The minimum Gasteiger partial charge on any atom is -0.385 e. The Hall–Kier alpha value is -0.870. The molecule has 0 aliphatic carbocycles. The normalized spacial score (nSPS) is 11.1. The van der Waals surface area contributed by atoms with Crippen molar-refractivity contribution in [3.8, 4) is 0 Å². The first-order valence-electron chi connectivity index (χ1n) is 4.92. The second-order valence-electron chi connectivity index (χ2n) is 3.44. The van der Waals surface area contributed by atoms with Crippen LogP contribution >= 0.6 is 15.9 Å². The summed E-state index contributed by atoms with van der Waals surface area (Å²) >= 11 is 3.44. The Kier molecular flexibility index (Phi) is 3.38. The van der Waals surface area contributed by atoms with Crippen molar-refractivity contribution in [3.05, 3.63) is 28.5 Å². The molecule has 4 heteroatoms. The van der Waals surface area contributed by atoms with Crippen LogP contribution in [0.15, 0.2) is 22.7 Å². The van der Waals surface area contributed by atoms with E-state index in [1.807, 2.05) is 18.2 Å². The summed E-state index contributed by atoms with van der Waals surface area (Å²) in [5.74, 6) is 1.03. The number of hydrogen-bond donors (Lipinski definition) is 1. The first-order chi connectivity index (χ1) is 7.29. The predicted molar refractivity (Wildman–Crippen MR) is 64.0 cm³/mol. The number of fused-ring (bicyclic) bond motifs is 1. The maximum absolute atomic E-state index is 5.01. The Bertz CT molecular complexity index is 453. The molecule has 0 amide bonds. The third-order valence-corrected chi connectivity index (χ3v) is 2.75. The molecule has 0 aliphatic rings. The van der Waals surface area contributed by atoms with Crippen molar-refractivity contribution in [2.45, 2.75) is 12.8 Å². The summed E-state index contributed by atoms with van der Waals surface area (Å²) in [6, 6.07) is 6.06. The maximum atomic E-state index is 5.01. The molecule has 0 saturated carbocycles. The quantitative estimate of drug-likeness (QED) is 0.866. The van der Waals surface area contributed by atoms with E-state index in [0.29, 0.717) is 0 Å². The van der Waals surface area contributed by atoms with E-state index in [1.165, 1.54) is 0 Å². The van der Waals surface area contributed by atoms with E-state index in [0.717, 1.165) is 40.8 Å². The molecule has 2 aromatic rings. The lowest BCUT2D eigenvalue weighted by atomic mass is 10.3. The molecule has 0 bridgehead atoms. The summed E-state index contributed by atoms with van der Waals surface area (Å²) < 4.78 is 6.08. The fourth-order valence-electron chi connectivity index (χ4n) is 1.54. The molecule has 0 spiro atoms. The van der Waals surface area contributed by atoms with Gasteiger partial charge < -0.3 is 9.72 Å². The van der Waals surface area contributed by atoms with Crippen molar-refractivity contribution in [1.82, 2.24) is 9.97 Å². The van der Waals surface area contributed by atoms with Gasteiger partial charge in [-0.1, -0.05) is 15.9 Å². The van der Waals surface area contributed by atoms with Gasteiger partial charge in [-0.25, -0.2) is 4.98 Å². The molecular formula is C11H13BrN2O. The Balaban J connectivity index is 2.16. The van der Waals surface area contributed by atoms with Gasteiger partial charge in [0.25, 0.3) is 0 Å². The van der Waals surface area contributed by atoms with E-state index in [1.54, 1.807) is 7.11 Å². The number of hydrogen-bond acceptors (Lipinski definition) is 2. The second-order valence-corrected chi connectivity index (χ2v) is 4.36. The molecular weight excluding hydrogens is 256 g/mol. The summed E-state index contributed by atoms with van der Waals surface area (Å²) in [5, 5.41) is 0. The highest BCUT2D eigenvalue weighted by atomic mass is 79.9. The van der Waals surface area contributed by atoms with Crippen molar-refractivity contribution in [2.75, 3.05) is 13.7 Å². The number of imidazole rings is 1. The zero-order valence-corrected chi connectivity index (χ0v) is 10.2. The summed E-state index contributed by atoms with van der Waals surface area (Å²) in [7, 11) is 1.72. The zero-order valence-electron chi connectivity index (χ0n) is 8.59. The summed E-state index contributed by atoms with van der Waals surface area (Å²) in [6.45, 7) is 0.779. The minimum absolute atomic E-state index is 0.779. The number of nitrogens with one attached hydrogen (secondary N) is 1. The van der Waals surface area contributed by atoms with Gasteiger partial charge in [0, 0.05) is 24.6 Å². The predicted octanol–water partition coefficient (Wildman–Crippen LogP) is 2.90. The monoisotopic (exact) mass is 268 g/mol. The number of nitrogens with zero attached hydrogens (tertiary/aromatic N) is 1. The number of aryl methyl sites for hydroxylation is 1. The topological polar surface area (TPSA) is 37.9 Å². The highest BCUT2D eigenvalue weighted by molar-refractivity contribution is 9.10. The van der Waals surface area contributed by atoms with Crippen molar-refractivity contribution in [1.29, 1.82) is 0 Å². The molecule has 0 atom stereocenters. The molecule has 0 unspecified atom stereocenters. The van der Waals surface area contributed by atoms with Crippen LogP contribution in [0.2, 0.25) is 0 Å². The molecule has 3 nitrogen and oxygen atoms in total. The first kappa shape index (κ1) is 10.6. The van der Waals surface area contributed by atoms with Gasteiger partial charge in [0.15, 0.2) is 0 Å². The Morgan fingerprint density at radius 2 is 2.33 bits per heavy atom. The lowest BCUT2D eigenvalue weighted by Gasteiger charge is -1.95. The van der Waals surface area contributed by atoms with Crippen LogP contribution in [0.1, 0.15) is 12.2 Å². The SMILES string of the molecule is COCCCc1nc2ccc(Br)cc2[nH]1. The van der Waals surface area contributed by atoms with Gasteiger partial charge in [-0.05, 0) is 24.6 Å². The van der Waals surface area contributed by atoms with Gasteiger partial charge >= 0.3 is 0 Å². The van der Waals surface area contributed by atoms with E-state index in [2.05, 4.69) is 25.9 Å². The van der Waals surface area contributed by atoms with Crippen LogP contribution in [-0.2, 0) is 11.2 Å². The van der Waals surface area contributed by atoms with Gasteiger partial charge in [0.05, 0.1) is 11.0 Å². The molecule has 2 rings (SSSR count). The summed E-state index contributed by atoms with van der Waals surface area (Å²) in [6.07, 6.45) is 1.93. The fourth-order valence-corrected chi connectivity index (χ4v) is 1.90. The fraction of sp³-hybridized carbons (Fsp3) is 0.364. The molecule has 1 aromatic carbocycles. The maximum Gasteiger partial charge on any atom is 0.107 e. The number of rotatable bonds is 4. The molecule has 0 radical (unpaired) electrons. The lowest BCUT2D eigenvalue weighted by Crippen LogP contribution is -1.93. The molecule has 1 aromatic heterocycles. The molecule has 1 heterocycles.